The summed E-state index contributed by atoms with van der Waals surface area (Å²) in [5.41, 5.74) is 0. The number of allylic oxidation sites excluding steroid dienone is 2. The first-order valence-electron chi connectivity index (χ1n) is 2.52. The van der Waals surface area contributed by atoms with Crippen LogP contribution in [-0.2, 0) is 0 Å². The van der Waals surface area contributed by atoms with Gasteiger partial charge in [0.15, 0.2) is 0 Å². The van der Waals surface area contributed by atoms with Gasteiger partial charge in [0.05, 0.1) is 6.07 Å². The Kier molecular flexibility index (Phi) is 6.47. The quantitative estimate of drug-likeness (QED) is 0.365. The number of hydrogen-bond acceptors (Lipinski definition) is 1. The van der Waals surface area contributed by atoms with Crippen LogP contribution in [0.15, 0.2) is 12.2 Å². The van der Waals surface area contributed by atoms with Gasteiger partial charge in [-0.15, -0.1) is 0 Å². The summed E-state index contributed by atoms with van der Waals surface area (Å²) >= 11 is 3.28. The van der Waals surface area contributed by atoms with E-state index in [0.29, 0.717) is 0 Å². The lowest BCUT2D eigenvalue weighted by Crippen LogP contribution is -1.68. The van der Waals surface area contributed by atoms with Crippen molar-refractivity contribution < 1.29 is 0 Å². The lowest BCUT2D eigenvalue weighted by molar-refractivity contribution is 0.979. The lowest BCUT2D eigenvalue weighted by atomic mass is 10.3. The van der Waals surface area contributed by atoms with Crippen molar-refractivity contribution in [3.63, 3.8) is 0 Å². The number of rotatable bonds is 3. The molecule has 0 aromatic carbocycles. The Labute approximate surface area is 58.1 Å². The molecule has 1 nitrogen and oxygen atoms in total. The van der Waals surface area contributed by atoms with Gasteiger partial charge in [-0.2, -0.15) is 5.26 Å². The van der Waals surface area contributed by atoms with Gasteiger partial charge in [-0.3, -0.25) is 0 Å². The van der Waals surface area contributed by atoms with Gasteiger partial charge < -0.3 is 0 Å². The molecule has 0 radical (unpaired) electrons. The molecule has 2 heteroatoms. The summed E-state index contributed by atoms with van der Waals surface area (Å²) < 4.78 is 0. The zero-order valence-electron chi connectivity index (χ0n) is 4.60. The van der Waals surface area contributed by atoms with E-state index in [-0.39, 0.29) is 0 Å². The second-order valence-corrected chi connectivity index (χ2v) is 2.16. The number of alkyl halides is 1. The van der Waals surface area contributed by atoms with Crippen LogP contribution in [0.4, 0.5) is 0 Å². The van der Waals surface area contributed by atoms with E-state index in [4.69, 9.17) is 5.26 Å². The molecule has 0 aliphatic rings. The minimum Gasteiger partial charge on any atom is -0.193 e. The molecule has 0 saturated carbocycles. The van der Waals surface area contributed by atoms with Crippen LogP contribution in [0.2, 0.25) is 0 Å². The van der Waals surface area contributed by atoms with Gasteiger partial charge in [-0.1, -0.05) is 22.0 Å². The average molecular weight is 174 g/mol. The van der Waals surface area contributed by atoms with Crippen molar-refractivity contribution in [2.45, 2.75) is 12.8 Å². The van der Waals surface area contributed by atoms with Gasteiger partial charge in [-0.05, 0) is 12.8 Å². The first kappa shape index (κ1) is 7.71. The van der Waals surface area contributed by atoms with E-state index >= 15 is 0 Å². The Balaban J connectivity index is 2.94. The van der Waals surface area contributed by atoms with Crippen LogP contribution in [-0.4, -0.2) is 5.33 Å². The number of halogens is 1. The summed E-state index contributed by atoms with van der Waals surface area (Å²) in [7, 11) is 0. The number of hydrogen-bond donors (Lipinski definition) is 0. The molecule has 0 aromatic heterocycles. The van der Waals surface area contributed by atoms with E-state index in [1.165, 1.54) is 6.08 Å². The van der Waals surface area contributed by atoms with Crippen LogP contribution >= 0.6 is 15.9 Å². The highest BCUT2D eigenvalue weighted by Gasteiger charge is 1.75. The Morgan fingerprint density at radius 1 is 1.62 bits per heavy atom. The fourth-order valence-electron chi connectivity index (χ4n) is 0.331. The summed E-state index contributed by atoms with van der Waals surface area (Å²) in [4.78, 5) is 0. The summed E-state index contributed by atoms with van der Waals surface area (Å²) in [5, 5.41) is 9.03. The molecule has 44 valence electrons. The molecule has 0 aromatic rings. The fraction of sp³-hybridized carbons (Fsp3) is 0.500. The molecule has 0 rings (SSSR count). The molecule has 0 atom stereocenters. The van der Waals surface area contributed by atoms with Crippen molar-refractivity contribution in [2.24, 2.45) is 0 Å². The molecule has 0 bridgehead atoms. The van der Waals surface area contributed by atoms with E-state index in [0.717, 1.165) is 18.2 Å². The standard InChI is InChI=1S/C6H8BrN/c7-5-3-1-2-4-6-8/h2,4H,1,3,5H2/b4-2-. The van der Waals surface area contributed by atoms with Crippen LogP contribution in [0.3, 0.4) is 0 Å². The zero-order chi connectivity index (χ0) is 6.24. The molecule has 0 amide bonds. The molecule has 0 aliphatic carbocycles. The molecule has 0 heterocycles. The Morgan fingerprint density at radius 2 is 2.38 bits per heavy atom. The molecular formula is C6H8BrN. The predicted octanol–water partition coefficient (Wildman–Crippen LogP) is 2.24. The zero-order valence-corrected chi connectivity index (χ0v) is 6.19. The van der Waals surface area contributed by atoms with Gasteiger partial charge in [-0.25, -0.2) is 0 Å². The van der Waals surface area contributed by atoms with Crippen LogP contribution < -0.4 is 0 Å². The maximum absolute atomic E-state index is 8.02. The van der Waals surface area contributed by atoms with Gasteiger partial charge in [0.25, 0.3) is 0 Å². The van der Waals surface area contributed by atoms with E-state index in [2.05, 4.69) is 15.9 Å². The number of unbranched alkanes of at least 4 members (excludes halogenated alkanes) is 1. The Hall–Kier alpha value is -0.290. The van der Waals surface area contributed by atoms with Crippen molar-refractivity contribution in [1.29, 1.82) is 5.26 Å². The molecule has 0 N–H and O–H groups in total. The Bertz CT molecular complexity index is 102. The highest BCUT2D eigenvalue weighted by Crippen LogP contribution is 1.93. The molecule has 0 saturated heterocycles. The third-order valence-corrected chi connectivity index (χ3v) is 1.26. The summed E-state index contributed by atoms with van der Waals surface area (Å²) in [6, 6.07) is 1.93. The number of nitriles is 1. The van der Waals surface area contributed by atoms with Gasteiger partial charge in [0.1, 0.15) is 0 Å². The van der Waals surface area contributed by atoms with Crippen LogP contribution in [0, 0.1) is 11.3 Å². The van der Waals surface area contributed by atoms with Gasteiger partial charge in [0, 0.05) is 11.4 Å². The summed E-state index contributed by atoms with van der Waals surface area (Å²) in [6.45, 7) is 0. The van der Waals surface area contributed by atoms with Crippen molar-refractivity contribution in [2.75, 3.05) is 5.33 Å². The highest BCUT2D eigenvalue weighted by atomic mass is 79.9. The summed E-state index contributed by atoms with van der Waals surface area (Å²) in [5.74, 6) is 0. The van der Waals surface area contributed by atoms with Crippen LogP contribution in [0.1, 0.15) is 12.8 Å². The molecule has 8 heavy (non-hydrogen) atoms. The van der Waals surface area contributed by atoms with Gasteiger partial charge >= 0.3 is 0 Å². The molecule has 0 spiro atoms. The van der Waals surface area contributed by atoms with E-state index < -0.39 is 0 Å². The minimum absolute atomic E-state index is 0.999. The topological polar surface area (TPSA) is 23.8 Å². The van der Waals surface area contributed by atoms with Crippen LogP contribution in [0.25, 0.3) is 0 Å². The van der Waals surface area contributed by atoms with Gasteiger partial charge in [0.2, 0.25) is 0 Å². The summed E-state index contributed by atoms with van der Waals surface area (Å²) in [6.07, 6.45) is 5.50. The molecular weight excluding hydrogens is 166 g/mol. The normalized spacial score (nSPS) is 9.50. The first-order chi connectivity index (χ1) is 3.91. The maximum Gasteiger partial charge on any atom is 0.0908 e. The minimum atomic E-state index is 0.999. The van der Waals surface area contributed by atoms with Crippen molar-refractivity contribution in [3.8, 4) is 6.07 Å². The van der Waals surface area contributed by atoms with Crippen molar-refractivity contribution in [1.82, 2.24) is 0 Å². The smallest absolute Gasteiger partial charge is 0.0908 e. The second kappa shape index (κ2) is 6.71. The van der Waals surface area contributed by atoms with E-state index in [9.17, 15) is 0 Å². The number of nitrogens with zero attached hydrogens (tertiary/aromatic N) is 1. The van der Waals surface area contributed by atoms with Crippen molar-refractivity contribution >= 4 is 15.9 Å². The first-order valence-corrected chi connectivity index (χ1v) is 3.64. The largest absolute Gasteiger partial charge is 0.193 e. The third kappa shape index (κ3) is 5.71. The maximum atomic E-state index is 8.02. The Morgan fingerprint density at radius 3 is 2.88 bits per heavy atom. The average Bonchev–Trinajstić information content (AvgIpc) is 1.81. The SMILES string of the molecule is N#C/C=C\CCCBr. The van der Waals surface area contributed by atoms with Crippen LogP contribution in [0.5, 0.6) is 0 Å². The third-order valence-electron chi connectivity index (χ3n) is 0.697. The fourth-order valence-corrected chi connectivity index (χ4v) is 0.655. The predicted molar refractivity (Wildman–Crippen MR) is 37.8 cm³/mol. The monoisotopic (exact) mass is 173 g/mol. The molecule has 0 unspecified atom stereocenters. The van der Waals surface area contributed by atoms with E-state index in [1.54, 1.807) is 0 Å². The molecule has 0 fully saturated rings. The lowest BCUT2D eigenvalue weighted by Gasteiger charge is -1.81. The second-order valence-electron chi connectivity index (χ2n) is 1.36. The van der Waals surface area contributed by atoms with E-state index in [1.807, 2.05) is 12.1 Å². The van der Waals surface area contributed by atoms with Crippen molar-refractivity contribution in [3.05, 3.63) is 12.2 Å². The highest BCUT2D eigenvalue weighted by molar-refractivity contribution is 9.09. The molecule has 0 aliphatic heterocycles.